The molecule has 0 aromatic carbocycles. The molecule has 0 saturated carbocycles. The van der Waals surface area contributed by atoms with Crippen molar-refractivity contribution in [3.05, 3.63) is 0 Å². The zero-order valence-electron chi connectivity index (χ0n) is 16.2. The Hall–Kier alpha value is -0.690. The average molecular weight is 320 g/mol. The van der Waals surface area contributed by atoms with Crippen molar-refractivity contribution in [1.82, 2.24) is 4.90 Å². The Morgan fingerprint density at radius 2 is 1.18 bits per heavy atom. The molecule has 0 saturated heterocycles. The summed E-state index contributed by atoms with van der Waals surface area (Å²) >= 11 is 0. The van der Waals surface area contributed by atoms with E-state index in [1.54, 1.807) is 0 Å². The van der Waals surface area contributed by atoms with Crippen molar-refractivity contribution in [3.8, 4) is 0 Å². The van der Waals surface area contributed by atoms with Crippen molar-refractivity contribution < 1.29 is 23.8 Å². The van der Waals surface area contributed by atoms with Crippen molar-refractivity contribution in [1.29, 1.82) is 0 Å². The van der Waals surface area contributed by atoms with Crippen molar-refractivity contribution in [3.63, 3.8) is 0 Å². The second-order valence-electron chi connectivity index (χ2n) is 8.60. The molecule has 0 aliphatic carbocycles. The first-order valence-electron chi connectivity index (χ1n) is 7.94. The third kappa shape index (κ3) is 10.1. The van der Waals surface area contributed by atoms with E-state index in [0.29, 0.717) is 26.2 Å². The molecule has 2 N–H and O–H groups in total. The molecular weight excluding hydrogens is 280 g/mol. The molecule has 2 atom stereocenters. The summed E-state index contributed by atoms with van der Waals surface area (Å²) in [4.78, 5) is 2.08. The molecule has 0 aromatic rings. The SMILES string of the molecule is CC(N(CC(O)C[N+](C)(C)C)CC(O)C[N+](C)(C)C)=[N+](C)C. The Morgan fingerprint density at radius 3 is 1.41 bits per heavy atom. The van der Waals surface area contributed by atoms with E-state index >= 15 is 0 Å². The van der Waals surface area contributed by atoms with Crippen molar-refractivity contribution in [2.24, 2.45) is 0 Å². The van der Waals surface area contributed by atoms with Crippen LogP contribution in [0.25, 0.3) is 0 Å². The molecule has 0 heterocycles. The lowest BCUT2D eigenvalue weighted by molar-refractivity contribution is -0.873. The maximum Gasteiger partial charge on any atom is 0.243 e. The summed E-state index contributed by atoms with van der Waals surface area (Å²) < 4.78 is 3.46. The molecule has 0 fully saturated rings. The van der Waals surface area contributed by atoms with Gasteiger partial charge in [0.25, 0.3) is 0 Å². The second kappa shape index (κ2) is 8.24. The summed E-state index contributed by atoms with van der Waals surface area (Å²) in [6.07, 6.45) is -0.850. The van der Waals surface area contributed by atoms with E-state index in [2.05, 4.69) is 47.2 Å². The number of rotatable bonds is 8. The van der Waals surface area contributed by atoms with E-state index in [1.165, 1.54) is 0 Å². The largest absolute Gasteiger partial charge is 0.383 e. The van der Waals surface area contributed by atoms with Gasteiger partial charge in [-0.25, -0.2) is 0 Å². The molecule has 6 heteroatoms. The van der Waals surface area contributed by atoms with Crippen LogP contribution in [0.15, 0.2) is 0 Å². The summed E-state index contributed by atoms with van der Waals surface area (Å²) in [7, 11) is 16.4. The van der Waals surface area contributed by atoms with Crippen LogP contribution in [0.5, 0.6) is 0 Å². The summed E-state index contributed by atoms with van der Waals surface area (Å²) in [6, 6.07) is 0. The van der Waals surface area contributed by atoms with Gasteiger partial charge in [-0.2, -0.15) is 0 Å². The zero-order chi connectivity index (χ0) is 17.7. The number of hydrogen-bond donors (Lipinski definition) is 2. The van der Waals surface area contributed by atoms with Gasteiger partial charge in [0.05, 0.1) is 56.4 Å². The monoisotopic (exact) mass is 319 g/mol. The van der Waals surface area contributed by atoms with Crippen LogP contribution in [0.2, 0.25) is 0 Å². The molecule has 22 heavy (non-hydrogen) atoms. The molecule has 0 aromatic heterocycles. The van der Waals surface area contributed by atoms with E-state index in [9.17, 15) is 10.2 Å². The maximum atomic E-state index is 10.4. The lowest BCUT2D eigenvalue weighted by atomic mass is 10.2. The normalized spacial score (nSPS) is 15.4. The van der Waals surface area contributed by atoms with Gasteiger partial charge in [0, 0.05) is 6.92 Å². The molecule has 2 unspecified atom stereocenters. The van der Waals surface area contributed by atoms with Gasteiger partial charge in [0.1, 0.15) is 38.4 Å². The third-order valence-electron chi connectivity index (χ3n) is 3.48. The van der Waals surface area contributed by atoms with Gasteiger partial charge in [0.2, 0.25) is 5.84 Å². The maximum absolute atomic E-state index is 10.4. The van der Waals surface area contributed by atoms with Crippen LogP contribution in [-0.4, -0.2) is 129 Å². The number of aliphatic hydroxyl groups excluding tert-OH is 2. The van der Waals surface area contributed by atoms with Crippen molar-refractivity contribution >= 4 is 5.84 Å². The predicted molar refractivity (Wildman–Crippen MR) is 92.2 cm³/mol. The molecule has 0 aliphatic rings. The highest BCUT2D eigenvalue weighted by molar-refractivity contribution is 5.74. The smallest absolute Gasteiger partial charge is 0.243 e. The number of amidine groups is 1. The van der Waals surface area contributed by atoms with Gasteiger partial charge in [-0.1, -0.05) is 0 Å². The summed E-state index contributed by atoms with van der Waals surface area (Å²) in [5.74, 6) is 1.06. The van der Waals surface area contributed by atoms with E-state index < -0.39 is 12.2 Å². The minimum Gasteiger partial charge on any atom is -0.383 e. The number of nitrogens with zero attached hydrogens (tertiary/aromatic N) is 4. The zero-order valence-corrected chi connectivity index (χ0v) is 16.2. The first-order chi connectivity index (χ1) is 9.71. The lowest BCUT2D eigenvalue weighted by Crippen LogP contribution is -2.51. The van der Waals surface area contributed by atoms with E-state index in [1.807, 2.05) is 25.6 Å². The van der Waals surface area contributed by atoms with Gasteiger partial charge in [-0.05, 0) is 0 Å². The first kappa shape index (κ1) is 21.3. The topological polar surface area (TPSA) is 46.7 Å². The molecule has 0 radical (unpaired) electrons. The van der Waals surface area contributed by atoms with Crippen LogP contribution < -0.4 is 0 Å². The lowest BCUT2D eigenvalue weighted by Gasteiger charge is -2.31. The summed E-state index contributed by atoms with van der Waals surface area (Å²) in [5, 5.41) is 20.7. The molecule has 0 rings (SSSR count). The minimum atomic E-state index is -0.425. The van der Waals surface area contributed by atoms with Gasteiger partial charge in [-0.3, -0.25) is 9.48 Å². The minimum absolute atomic E-state index is 0.425. The van der Waals surface area contributed by atoms with Crippen molar-refractivity contribution in [2.45, 2.75) is 19.1 Å². The quantitative estimate of drug-likeness (QED) is 0.264. The number of likely N-dealkylation sites (N-methyl/N-ethyl adjacent to an activating group) is 2. The van der Waals surface area contributed by atoms with Crippen LogP contribution in [0.4, 0.5) is 0 Å². The number of hydrogen-bond acceptors (Lipinski definition) is 2. The van der Waals surface area contributed by atoms with Gasteiger partial charge < -0.3 is 19.2 Å². The van der Waals surface area contributed by atoms with E-state index in [4.69, 9.17) is 0 Å². The predicted octanol–water partition coefficient (Wildman–Crippen LogP) is -0.887. The van der Waals surface area contributed by atoms with Gasteiger partial charge in [0.15, 0.2) is 0 Å². The van der Waals surface area contributed by atoms with E-state index in [0.717, 1.165) is 14.8 Å². The fourth-order valence-electron chi connectivity index (χ4n) is 2.51. The molecular formula is C16H39N4O2+3. The Bertz CT molecular complexity index is 341. The Kier molecular flexibility index (Phi) is 7.98. The Morgan fingerprint density at radius 1 is 0.864 bits per heavy atom. The van der Waals surface area contributed by atoms with Gasteiger partial charge in [-0.15, -0.1) is 0 Å². The molecule has 132 valence electrons. The van der Waals surface area contributed by atoms with E-state index in [-0.39, 0.29) is 0 Å². The number of aliphatic hydroxyl groups is 2. The highest BCUT2D eigenvalue weighted by Gasteiger charge is 2.28. The Balaban J connectivity index is 4.89. The van der Waals surface area contributed by atoms with Crippen LogP contribution in [-0.2, 0) is 0 Å². The fraction of sp³-hybridized carbons (Fsp3) is 0.938. The second-order valence-corrected chi connectivity index (χ2v) is 8.60. The summed E-state index contributed by atoms with van der Waals surface area (Å²) in [5.41, 5.74) is 0. The summed E-state index contributed by atoms with van der Waals surface area (Å²) in [6.45, 7) is 4.46. The fourth-order valence-corrected chi connectivity index (χ4v) is 2.51. The van der Waals surface area contributed by atoms with Crippen molar-refractivity contribution in [2.75, 3.05) is 82.6 Å². The first-order valence-corrected chi connectivity index (χ1v) is 7.94. The van der Waals surface area contributed by atoms with Gasteiger partial charge >= 0.3 is 0 Å². The average Bonchev–Trinajstić information content (AvgIpc) is 2.21. The third-order valence-corrected chi connectivity index (χ3v) is 3.48. The van der Waals surface area contributed by atoms with Crippen LogP contribution in [0.3, 0.4) is 0 Å². The highest BCUT2D eigenvalue weighted by Crippen LogP contribution is 2.04. The Labute approximate surface area is 137 Å². The molecule has 0 bridgehead atoms. The molecule has 6 nitrogen and oxygen atoms in total. The molecule has 0 spiro atoms. The molecule has 0 amide bonds. The van der Waals surface area contributed by atoms with Crippen LogP contribution >= 0.6 is 0 Å². The molecule has 0 aliphatic heterocycles. The standard InChI is InChI=1S/C16H39N4O2/c1-14(17(2)3)18(10-15(21)12-19(4,5)6)11-16(22)13-20(7,8)9/h15-16,21-22H,10-13H2,1-9H3/q+3. The number of quaternary nitrogens is 2. The highest BCUT2D eigenvalue weighted by atomic mass is 16.3. The van der Waals surface area contributed by atoms with Crippen LogP contribution in [0, 0.1) is 0 Å². The van der Waals surface area contributed by atoms with Crippen LogP contribution in [0.1, 0.15) is 6.92 Å².